The number of ether oxygens (including phenoxy) is 1. The average molecular weight is 267 g/mol. The lowest BCUT2D eigenvalue weighted by Gasteiger charge is -2.23. The van der Waals surface area contributed by atoms with Crippen LogP contribution >= 0.6 is 0 Å². The van der Waals surface area contributed by atoms with E-state index in [0.717, 1.165) is 12.1 Å². The normalized spacial score (nSPS) is 11.8. The van der Waals surface area contributed by atoms with Gasteiger partial charge < -0.3 is 4.74 Å². The Labute approximate surface area is 110 Å². The van der Waals surface area contributed by atoms with Crippen LogP contribution in [0.25, 0.3) is 0 Å². The van der Waals surface area contributed by atoms with E-state index in [1.165, 1.54) is 26.8 Å². The van der Waals surface area contributed by atoms with Gasteiger partial charge in [0.1, 0.15) is 5.60 Å². The minimum atomic E-state index is -3.72. The largest absolute Gasteiger partial charge is 0.455 e. The van der Waals surface area contributed by atoms with E-state index in [0.29, 0.717) is 5.56 Å². The van der Waals surface area contributed by atoms with Crippen molar-refractivity contribution < 1.29 is 18.3 Å². The fourth-order valence-electron chi connectivity index (χ4n) is 1.43. The summed E-state index contributed by atoms with van der Waals surface area (Å²) in [4.78, 5) is 11.5. The summed E-state index contributed by atoms with van der Waals surface area (Å²) >= 11 is 0. The van der Waals surface area contributed by atoms with E-state index in [4.69, 9.17) is 10.00 Å². The summed E-state index contributed by atoms with van der Waals surface area (Å²) in [5.74, 6) is -5.31. The fourth-order valence-corrected chi connectivity index (χ4v) is 1.43. The first-order valence-corrected chi connectivity index (χ1v) is 5.74. The van der Waals surface area contributed by atoms with Crippen LogP contribution in [0, 0.1) is 11.3 Å². The zero-order chi connectivity index (χ0) is 14.7. The Morgan fingerprint density at radius 2 is 2.00 bits per heavy atom. The van der Waals surface area contributed by atoms with Crippen LogP contribution in [-0.4, -0.2) is 11.6 Å². The number of halogens is 2. The second-order valence-corrected chi connectivity index (χ2v) is 5.11. The highest BCUT2D eigenvalue weighted by atomic mass is 19.3. The van der Waals surface area contributed by atoms with Crippen molar-refractivity contribution >= 4 is 5.97 Å². The molecular formula is C14H15F2NO2. The van der Waals surface area contributed by atoms with Crippen molar-refractivity contribution in [3.05, 3.63) is 35.4 Å². The summed E-state index contributed by atoms with van der Waals surface area (Å²) in [7, 11) is 0. The van der Waals surface area contributed by atoms with E-state index in [9.17, 15) is 13.6 Å². The number of carbonyl (C=O) groups is 1. The van der Waals surface area contributed by atoms with Gasteiger partial charge in [-0.05, 0) is 32.4 Å². The molecule has 0 spiro atoms. The molecule has 0 aromatic heterocycles. The minimum absolute atomic E-state index is 0.0121. The van der Waals surface area contributed by atoms with Crippen LogP contribution in [0.4, 0.5) is 8.78 Å². The standard InChI is InChI=1S/C14H15F2NO2/c1-13(2,3)19-12(18)14(15,16)11-6-4-5-10(9-11)7-8-17/h4-6,9H,7H2,1-3H3. The van der Waals surface area contributed by atoms with Crippen LogP contribution in [0.5, 0.6) is 0 Å². The molecule has 0 bridgehead atoms. The summed E-state index contributed by atoms with van der Waals surface area (Å²) in [6, 6.07) is 7.10. The average Bonchev–Trinajstić information content (AvgIpc) is 2.27. The summed E-state index contributed by atoms with van der Waals surface area (Å²) < 4.78 is 32.6. The number of hydrogen-bond donors (Lipinski definition) is 0. The minimum Gasteiger partial charge on any atom is -0.455 e. The van der Waals surface area contributed by atoms with Gasteiger partial charge in [-0.2, -0.15) is 14.0 Å². The highest BCUT2D eigenvalue weighted by Crippen LogP contribution is 2.31. The predicted molar refractivity (Wildman–Crippen MR) is 65.5 cm³/mol. The van der Waals surface area contributed by atoms with E-state index in [2.05, 4.69) is 0 Å². The maximum atomic E-state index is 13.9. The van der Waals surface area contributed by atoms with E-state index < -0.39 is 23.1 Å². The summed E-state index contributed by atoms with van der Waals surface area (Å²) in [5.41, 5.74) is -1.01. The Morgan fingerprint density at radius 1 is 1.37 bits per heavy atom. The zero-order valence-corrected chi connectivity index (χ0v) is 11.0. The van der Waals surface area contributed by atoms with Crippen LogP contribution in [0.15, 0.2) is 24.3 Å². The van der Waals surface area contributed by atoms with Crippen LogP contribution in [0.3, 0.4) is 0 Å². The van der Waals surface area contributed by atoms with Gasteiger partial charge in [0.05, 0.1) is 12.5 Å². The lowest BCUT2D eigenvalue weighted by Crippen LogP contribution is -2.35. The molecule has 0 atom stereocenters. The van der Waals surface area contributed by atoms with Gasteiger partial charge in [-0.25, -0.2) is 4.79 Å². The molecule has 0 aliphatic rings. The summed E-state index contributed by atoms with van der Waals surface area (Å²) in [6.07, 6.45) is 0.0121. The molecule has 3 nitrogen and oxygen atoms in total. The number of carbonyl (C=O) groups excluding carboxylic acids is 1. The fraction of sp³-hybridized carbons (Fsp3) is 0.429. The van der Waals surface area contributed by atoms with E-state index in [1.807, 2.05) is 6.07 Å². The number of nitriles is 1. The van der Waals surface area contributed by atoms with E-state index >= 15 is 0 Å². The first-order chi connectivity index (χ1) is 8.66. The molecule has 102 valence electrons. The molecule has 1 aromatic carbocycles. The van der Waals surface area contributed by atoms with Gasteiger partial charge in [0.15, 0.2) is 0 Å². The second kappa shape index (κ2) is 5.35. The van der Waals surface area contributed by atoms with Gasteiger partial charge in [0.25, 0.3) is 0 Å². The topological polar surface area (TPSA) is 50.1 Å². The second-order valence-electron chi connectivity index (χ2n) is 5.11. The maximum Gasteiger partial charge on any atom is 0.382 e. The molecule has 1 aromatic rings. The Morgan fingerprint density at radius 3 is 2.53 bits per heavy atom. The zero-order valence-electron chi connectivity index (χ0n) is 11.0. The Hall–Kier alpha value is -1.96. The number of esters is 1. The molecule has 0 amide bonds. The predicted octanol–water partition coefficient (Wildman–Crippen LogP) is 3.19. The van der Waals surface area contributed by atoms with Crippen molar-refractivity contribution in [3.63, 3.8) is 0 Å². The van der Waals surface area contributed by atoms with Gasteiger partial charge in [-0.3, -0.25) is 0 Å². The molecule has 0 fully saturated rings. The van der Waals surface area contributed by atoms with Crippen LogP contribution in [-0.2, 0) is 21.9 Å². The van der Waals surface area contributed by atoms with Crippen LogP contribution in [0.1, 0.15) is 31.9 Å². The Balaban J connectivity index is 3.02. The lowest BCUT2D eigenvalue weighted by atomic mass is 10.0. The van der Waals surface area contributed by atoms with E-state index in [-0.39, 0.29) is 6.42 Å². The van der Waals surface area contributed by atoms with Gasteiger partial charge >= 0.3 is 11.9 Å². The van der Waals surface area contributed by atoms with Gasteiger partial charge in [-0.1, -0.05) is 18.2 Å². The molecule has 1 rings (SSSR count). The molecule has 0 saturated carbocycles. The Kier molecular flexibility index (Phi) is 4.25. The molecule has 5 heteroatoms. The molecule has 0 aliphatic heterocycles. The third-order valence-electron chi connectivity index (χ3n) is 2.23. The Bertz CT molecular complexity index is 513. The molecule has 0 N–H and O–H groups in total. The molecule has 0 saturated heterocycles. The monoisotopic (exact) mass is 267 g/mol. The van der Waals surface area contributed by atoms with Crippen molar-refractivity contribution in [2.75, 3.05) is 0 Å². The number of benzene rings is 1. The van der Waals surface area contributed by atoms with Crippen LogP contribution < -0.4 is 0 Å². The number of hydrogen-bond acceptors (Lipinski definition) is 3. The van der Waals surface area contributed by atoms with Crippen molar-refractivity contribution in [1.82, 2.24) is 0 Å². The molecule has 0 aliphatic carbocycles. The molecule has 0 heterocycles. The molecular weight excluding hydrogens is 252 g/mol. The van der Waals surface area contributed by atoms with Crippen molar-refractivity contribution in [2.24, 2.45) is 0 Å². The number of nitrogens with zero attached hydrogens (tertiary/aromatic N) is 1. The van der Waals surface area contributed by atoms with Crippen LogP contribution in [0.2, 0.25) is 0 Å². The lowest BCUT2D eigenvalue weighted by molar-refractivity contribution is -0.185. The van der Waals surface area contributed by atoms with Gasteiger partial charge in [0.2, 0.25) is 0 Å². The highest BCUT2D eigenvalue weighted by molar-refractivity contribution is 5.79. The quantitative estimate of drug-likeness (QED) is 0.790. The number of alkyl halides is 2. The first-order valence-electron chi connectivity index (χ1n) is 5.74. The van der Waals surface area contributed by atoms with Gasteiger partial charge in [-0.15, -0.1) is 0 Å². The third-order valence-corrected chi connectivity index (χ3v) is 2.23. The summed E-state index contributed by atoms with van der Waals surface area (Å²) in [6.45, 7) is 4.56. The van der Waals surface area contributed by atoms with Crippen molar-refractivity contribution in [1.29, 1.82) is 5.26 Å². The third kappa shape index (κ3) is 4.02. The summed E-state index contributed by atoms with van der Waals surface area (Å²) in [5, 5.41) is 8.55. The molecule has 0 radical (unpaired) electrons. The SMILES string of the molecule is CC(C)(C)OC(=O)C(F)(F)c1cccc(CC#N)c1. The van der Waals surface area contributed by atoms with Crippen molar-refractivity contribution in [2.45, 2.75) is 38.7 Å². The molecule has 19 heavy (non-hydrogen) atoms. The first kappa shape index (κ1) is 15.1. The number of rotatable bonds is 3. The van der Waals surface area contributed by atoms with Gasteiger partial charge in [0, 0.05) is 5.56 Å². The molecule has 0 unspecified atom stereocenters. The van der Waals surface area contributed by atoms with Crippen molar-refractivity contribution in [3.8, 4) is 6.07 Å². The van der Waals surface area contributed by atoms with E-state index in [1.54, 1.807) is 6.07 Å². The highest BCUT2D eigenvalue weighted by Gasteiger charge is 2.44. The smallest absolute Gasteiger partial charge is 0.382 e. The maximum absolute atomic E-state index is 13.9.